The van der Waals surface area contributed by atoms with Gasteiger partial charge in [-0.25, -0.2) is 0 Å². The first-order valence-corrected chi connectivity index (χ1v) is 12.0. The van der Waals surface area contributed by atoms with Crippen LogP contribution in [0, 0.1) is 5.92 Å². The van der Waals surface area contributed by atoms with Crippen molar-refractivity contribution in [3.8, 4) is 0 Å². The summed E-state index contributed by atoms with van der Waals surface area (Å²) in [5.41, 5.74) is 3.09. The molecule has 2 aliphatic carbocycles. The maximum atomic E-state index is 13.4. The molecule has 0 aromatic heterocycles. The van der Waals surface area contributed by atoms with Gasteiger partial charge in [-0.2, -0.15) is 13.2 Å². The lowest BCUT2D eigenvalue weighted by molar-refractivity contribution is -0.137. The fourth-order valence-corrected chi connectivity index (χ4v) is 5.16. The van der Waals surface area contributed by atoms with Crippen LogP contribution in [0.2, 0.25) is 0 Å². The smallest absolute Gasteiger partial charge is 0.393 e. The molecule has 1 fully saturated rings. The Morgan fingerprint density at radius 1 is 1.09 bits per heavy atom. The van der Waals surface area contributed by atoms with E-state index in [4.69, 9.17) is 0 Å². The Morgan fingerprint density at radius 3 is 2.60 bits per heavy atom. The van der Waals surface area contributed by atoms with Crippen LogP contribution in [0.4, 0.5) is 24.5 Å². The third-order valence-electron chi connectivity index (χ3n) is 7.31. The lowest BCUT2D eigenvalue weighted by atomic mass is 9.83. The van der Waals surface area contributed by atoms with Crippen molar-refractivity contribution in [2.45, 2.75) is 57.2 Å². The number of anilines is 2. The minimum absolute atomic E-state index is 0.144. The third-order valence-corrected chi connectivity index (χ3v) is 7.31. The highest BCUT2D eigenvalue weighted by Crippen LogP contribution is 2.41. The molecule has 5 nitrogen and oxygen atoms in total. The highest BCUT2D eigenvalue weighted by molar-refractivity contribution is 6.07. The van der Waals surface area contributed by atoms with Gasteiger partial charge in [0.25, 0.3) is 0 Å². The quantitative estimate of drug-likeness (QED) is 0.595. The van der Waals surface area contributed by atoms with Crippen LogP contribution in [0.5, 0.6) is 0 Å². The summed E-state index contributed by atoms with van der Waals surface area (Å²) < 4.78 is 40.3. The number of fused-ring (bicyclic) bond motifs is 2. The predicted molar refractivity (Wildman–Crippen MR) is 127 cm³/mol. The summed E-state index contributed by atoms with van der Waals surface area (Å²) in [5, 5.41) is 12.9. The molecule has 3 aliphatic rings. The molecule has 1 saturated carbocycles. The van der Waals surface area contributed by atoms with Gasteiger partial charge in [-0.05, 0) is 67.0 Å². The monoisotopic (exact) mass is 484 g/mol. The van der Waals surface area contributed by atoms with E-state index in [-0.39, 0.29) is 24.1 Å². The summed E-state index contributed by atoms with van der Waals surface area (Å²) >= 11 is 0. The van der Waals surface area contributed by atoms with Crippen LogP contribution in [0.15, 0.2) is 42.5 Å². The van der Waals surface area contributed by atoms with E-state index in [1.54, 1.807) is 6.07 Å². The molecule has 2 N–H and O–H groups in total. The third kappa shape index (κ3) is 4.72. The first-order chi connectivity index (χ1) is 16.7. The molecule has 8 heteroatoms. The highest BCUT2D eigenvalue weighted by Gasteiger charge is 2.36. The summed E-state index contributed by atoms with van der Waals surface area (Å²) in [6.07, 6.45) is 1.14. The van der Waals surface area contributed by atoms with Crippen molar-refractivity contribution in [3.05, 3.63) is 64.7 Å². The predicted octanol–water partition coefficient (Wildman–Crippen LogP) is 5.11. The minimum Gasteiger partial charge on any atom is -0.393 e. The van der Waals surface area contributed by atoms with Gasteiger partial charge in [0.1, 0.15) is 0 Å². The van der Waals surface area contributed by atoms with Crippen molar-refractivity contribution in [2.24, 2.45) is 5.92 Å². The van der Waals surface area contributed by atoms with Gasteiger partial charge in [0.2, 0.25) is 11.8 Å². The number of aliphatic hydroxyl groups is 1. The van der Waals surface area contributed by atoms with E-state index in [2.05, 4.69) is 5.32 Å². The first kappa shape index (κ1) is 23.6. The second-order valence-electron chi connectivity index (χ2n) is 9.60. The molecule has 1 aliphatic heterocycles. The molecule has 2 amide bonds. The Hall–Kier alpha value is -3.13. The van der Waals surface area contributed by atoms with E-state index < -0.39 is 23.8 Å². The second-order valence-corrected chi connectivity index (χ2v) is 9.60. The topological polar surface area (TPSA) is 69.6 Å². The zero-order valence-corrected chi connectivity index (χ0v) is 19.2. The Balaban J connectivity index is 1.45. The van der Waals surface area contributed by atoms with Crippen molar-refractivity contribution in [3.63, 3.8) is 0 Å². The zero-order chi connectivity index (χ0) is 24.7. The standard InChI is InChI=1S/C27H27F3N2O3/c28-27(29,30)19-8-10-21-18(11-12-32(24(21)14-19)26(35)17-4-1-5-17)13-25(34)31-23-6-2-3-16-7-9-20(33)15-22(16)23/h2-3,6,8,10,13-14,17,20,33H,1,4-5,7,9,11-12,15H2,(H,31,34)/b18-13+. The number of nitrogens with one attached hydrogen (secondary N) is 1. The number of benzene rings is 2. The van der Waals surface area contributed by atoms with Gasteiger partial charge in [0, 0.05) is 36.2 Å². The number of rotatable bonds is 3. The average molecular weight is 485 g/mol. The molecule has 0 radical (unpaired) electrons. The number of hydrogen-bond acceptors (Lipinski definition) is 3. The zero-order valence-electron chi connectivity index (χ0n) is 19.2. The van der Waals surface area contributed by atoms with Gasteiger partial charge in [-0.15, -0.1) is 0 Å². The minimum atomic E-state index is -4.53. The summed E-state index contributed by atoms with van der Waals surface area (Å²) in [7, 11) is 0. The van der Waals surface area contributed by atoms with Crippen LogP contribution in [0.1, 0.15) is 54.4 Å². The normalized spacial score (nSPS) is 21.2. The molecular weight excluding hydrogens is 457 g/mol. The molecule has 35 heavy (non-hydrogen) atoms. The number of nitrogens with zero attached hydrogens (tertiary/aromatic N) is 1. The van der Waals surface area contributed by atoms with Crippen molar-refractivity contribution < 1.29 is 27.9 Å². The maximum absolute atomic E-state index is 13.4. The summed E-state index contributed by atoms with van der Waals surface area (Å²) in [4.78, 5) is 27.4. The maximum Gasteiger partial charge on any atom is 0.416 e. The van der Waals surface area contributed by atoms with Crippen LogP contribution in [0.3, 0.4) is 0 Å². The Bertz CT molecular complexity index is 1200. The van der Waals surface area contributed by atoms with E-state index in [1.807, 2.05) is 12.1 Å². The number of aliphatic hydroxyl groups excluding tert-OH is 1. The van der Waals surface area contributed by atoms with E-state index in [0.717, 1.165) is 48.9 Å². The number of carbonyl (C=O) groups excluding carboxylic acids is 2. The SMILES string of the molecule is O=C(/C=C1\CCN(C(=O)C2CCC2)c2cc(C(F)(F)F)ccc21)Nc1cccc2c1CC(O)CC2. The molecule has 0 saturated heterocycles. The highest BCUT2D eigenvalue weighted by atomic mass is 19.4. The lowest BCUT2D eigenvalue weighted by Gasteiger charge is -2.36. The van der Waals surface area contributed by atoms with Gasteiger partial charge in [0.05, 0.1) is 17.4 Å². The van der Waals surface area contributed by atoms with E-state index in [1.165, 1.54) is 17.0 Å². The molecule has 2 aromatic rings. The second kappa shape index (κ2) is 9.15. The molecule has 1 unspecified atom stereocenters. The average Bonchev–Trinajstić information content (AvgIpc) is 2.77. The molecule has 2 aromatic carbocycles. The summed E-state index contributed by atoms with van der Waals surface area (Å²) in [6, 6.07) is 9.01. The van der Waals surface area contributed by atoms with Crippen molar-refractivity contribution in [1.82, 2.24) is 0 Å². The van der Waals surface area contributed by atoms with Crippen molar-refractivity contribution in [2.75, 3.05) is 16.8 Å². The van der Waals surface area contributed by atoms with E-state index in [0.29, 0.717) is 36.1 Å². The Kier molecular flexibility index (Phi) is 6.17. The van der Waals surface area contributed by atoms with Crippen molar-refractivity contribution >= 4 is 28.8 Å². The number of aryl methyl sites for hydroxylation is 1. The van der Waals surface area contributed by atoms with E-state index in [9.17, 15) is 27.9 Å². The van der Waals surface area contributed by atoms with Crippen LogP contribution in [0.25, 0.3) is 5.57 Å². The largest absolute Gasteiger partial charge is 0.416 e. The number of halogens is 3. The molecule has 1 atom stereocenters. The van der Waals surface area contributed by atoms with Gasteiger partial charge in [-0.1, -0.05) is 24.6 Å². The fraction of sp³-hybridized carbons (Fsp3) is 0.407. The summed E-state index contributed by atoms with van der Waals surface area (Å²) in [5.74, 6) is -0.682. The first-order valence-electron chi connectivity index (χ1n) is 12.0. The fourth-order valence-electron chi connectivity index (χ4n) is 5.16. The molecule has 1 heterocycles. The van der Waals surface area contributed by atoms with E-state index >= 15 is 0 Å². The van der Waals surface area contributed by atoms with Crippen LogP contribution >= 0.6 is 0 Å². The van der Waals surface area contributed by atoms with Gasteiger partial charge >= 0.3 is 6.18 Å². The molecule has 0 bridgehead atoms. The lowest BCUT2D eigenvalue weighted by Crippen LogP contribution is -2.41. The Morgan fingerprint density at radius 2 is 1.89 bits per heavy atom. The molecule has 184 valence electrons. The van der Waals surface area contributed by atoms with Gasteiger partial charge < -0.3 is 15.3 Å². The number of amides is 2. The molecule has 5 rings (SSSR count). The summed E-state index contributed by atoms with van der Waals surface area (Å²) in [6.45, 7) is 0.232. The Labute approximate surface area is 201 Å². The molecular formula is C27H27F3N2O3. The van der Waals surface area contributed by atoms with Crippen LogP contribution in [-0.4, -0.2) is 29.6 Å². The molecule has 0 spiro atoms. The van der Waals surface area contributed by atoms with Gasteiger partial charge in [0.15, 0.2) is 0 Å². The van der Waals surface area contributed by atoms with Crippen LogP contribution in [-0.2, 0) is 28.6 Å². The van der Waals surface area contributed by atoms with Gasteiger partial charge in [-0.3, -0.25) is 9.59 Å². The number of alkyl halides is 3. The van der Waals surface area contributed by atoms with Crippen molar-refractivity contribution in [1.29, 1.82) is 0 Å². The van der Waals surface area contributed by atoms with Crippen LogP contribution < -0.4 is 10.2 Å². The number of hydrogen-bond donors (Lipinski definition) is 2. The number of carbonyl (C=O) groups is 2.